The lowest BCUT2D eigenvalue weighted by molar-refractivity contribution is -0.127. The maximum absolute atomic E-state index is 13.3. The van der Waals surface area contributed by atoms with Crippen LogP contribution in [0.15, 0.2) is 29.1 Å². The summed E-state index contributed by atoms with van der Waals surface area (Å²) in [6.07, 6.45) is 4.29. The van der Waals surface area contributed by atoms with E-state index in [2.05, 4.69) is 9.97 Å². The average Bonchev–Trinajstić information content (AvgIpc) is 3.06. The van der Waals surface area contributed by atoms with Crippen LogP contribution in [0.2, 0.25) is 0 Å². The third kappa shape index (κ3) is 4.53. The lowest BCUT2D eigenvalue weighted by Gasteiger charge is -2.17. The Bertz CT molecular complexity index is 1110. The third-order valence-corrected chi connectivity index (χ3v) is 7.19. The summed E-state index contributed by atoms with van der Waals surface area (Å²) in [6, 6.07) is 6.25. The van der Waals surface area contributed by atoms with Crippen molar-refractivity contribution in [1.29, 1.82) is 0 Å². The molecular weight excluding hydrogens is 409 g/mol. The number of hydrogen-bond donors (Lipinski definition) is 1. The fraction of sp³-hybridized carbons (Fsp3) is 0.381. The number of benzene rings is 1. The molecule has 0 fully saturated rings. The van der Waals surface area contributed by atoms with Crippen molar-refractivity contribution in [3.05, 3.63) is 62.3 Å². The Balaban J connectivity index is 1.37. The number of thiophene rings is 1. The molecule has 0 saturated heterocycles. The summed E-state index contributed by atoms with van der Waals surface area (Å²) in [7, 11) is 1.70. The molecule has 0 saturated carbocycles. The van der Waals surface area contributed by atoms with Crippen LogP contribution in [0.4, 0.5) is 4.39 Å². The highest BCUT2D eigenvalue weighted by Gasteiger charge is 2.20. The third-order valence-electron chi connectivity index (χ3n) is 5.07. The Labute approximate surface area is 176 Å². The highest BCUT2D eigenvalue weighted by Crippen LogP contribution is 2.33. The minimum absolute atomic E-state index is 0.0470. The minimum atomic E-state index is -0.307. The van der Waals surface area contributed by atoms with Gasteiger partial charge in [0.25, 0.3) is 5.56 Å². The van der Waals surface area contributed by atoms with Crippen molar-refractivity contribution in [2.24, 2.45) is 0 Å². The standard InChI is InChI=1S/C21H22FN3O2S2/c1-25(10-13-5-4-6-14(22)9-13)18(26)12-28-11-17-23-20(27)19-15-7-2-3-8-16(15)29-21(19)24-17/h4-6,9H,2-3,7-8,10-12H2,1H3,(H,23,24,27). The lowest BCUT2D eigenvalue weighted by Crippen LogP contribution is -2.28. The highest BCUT2D eigenvalue weighted by atomic mass is 32.2. The number of aromatic amines is 1. The van der Waals surface area contributed by atoms with Gasteiger partial charge in [0.05, 0.1) is 16.9 Å². The number of aromatic nitrogens is 2. The Kier molecular flexibility index (Phi) is 6.01. The summed E-state index contributed by atoms with van der Waals surface area (Å²) >= 11 is 3.04. The number of carbonyl (C=O) groups excluding carboxylic acids is 1. The van der Waals surface area contributed by atoms with Crippen LogP contribution in [-0.4, -0.2) is 33.6 Å². The fourth-order valence-electron chi connectivity index (χ4n) is 3.62. The zero-order valence-electron chi connectivity index (χ0n) is 16.2. The van der Waals surface area contributed by atoms with E-state index in [0.717, 1.165) is 35.0 Å². The van der Waals surface area contributed by atoms with Crippen LogP contribution in [0.3, 0.4) is 0 Å². The maximum atomic E-state index is 13.3. The Morgan fingerprint density at radius 2 is 2.17 bits per heavy atom. The van der Waals surface area contributed by atoms with E-state index < -0.39 is 0 Å². The molecule has 4 rings (SSSR count). The molecule has 2 heterocycles. The van der Waals surface area contributed by atoms with Crippen LogP contribution >= 0.6 is 23.1 Å². The lowest BCUT2D eigenvalue weighted by atomic mass is 9.97. The molecule has 0 atom stereocenters. The van der Waals surface area contributed by atoms with E-state index in [0.29, 0.717) is 18.1 Å². The Morgan fingerprint density at radius 3 is 3.00 bits per heavy atom. The number of nitrogens with zero attached hydrogens (tertiary/aromatic N) is 2. The molecular formula is C21H22FN3O2S2. The average molecular weight is 432 g/mol. The van der Waals surface area contributed by atoms with Crippen molar-refractivity contribution < 1.29 is 9.18 Å². The Morgan fingerprint density at radius 1 is 1.34 bits per heavy atom. The number of nitrogens with one attached hydrogen (secondary N) is 1. The monoisotopic (exact) mass is 431 g/mol. The van der Waals surface area contributed by atoms with E-state index in [1.54, 1.807) is 35.4 Å². The van der Waals surface area contributed by atoms with Crippen molar-refractivity contribution in [3.8, 4) is 0 Å². The van der Waals surface area contributed by atoms with E-state index in [4.69, 9.17) is 0 Å². The zero-order chi connectivity index (χ0) is 20.4. The number of H-pyrrole nitrogens is 1. The topological polar surface area (TPSA) is 66.1 Å². The first-order valence-electron chi connectivity index (χ1n) is 9.61. The number of carbonyl (C=O) groups is 1. The quantitative estimate of drug-likeness (QED) is 0.643. The van der Waals surface area contributed by atoms with Crippen molar-refractivity contribution in [2.45, 2.75) is 38.0 Å². The molecule has 29 heavy (non-hydrogen) atoms. The van der Waals surface area contributed by atoms with Gasteiger partial charge in [-0.15, -0.1) is 23.1 Å². The van der Waals surface area contributed by atoms with Crippen LogP contribution in [0.1, 0.15) is 34.7 Å². The number of rotatable bonds is 6. The predicted octanol–water partition coefficient (Wildman–Crippen LogP) is 3.89. The molecule has 1 N–H and O–H groups in total. The summed E-state index contributed by atoms with van der Waals surface area (Å²) in [5, 5.41) is 0.754. The molecule has 1 aliphatic carbocycles. The summed E-state index contributed by atoms with van der Waals surface area (Å²) in [4.78, 5) is 36.1. The predicted molar refractivity (Wildman–Crippen MR) is 116 cm³/mol. The van der Waals surface area contributed by atoms with Crippen molar-refractivity contribution in [3.63, 3.8) is 0 Å². The van der Waals surface area contributed by atoms with Crippen LogP contribution < -0.4 is 5.56 Å². The normalized spacial score (nSPS) is 13.4. The first kappa shape index (κ1) is 20.1. The Hall–Kier alpha value is -2.19. The highest BCUT2D eigenvalue weighted by molar-refractivity contribution is 7.99. The molecule has 1 aliphatic rings. The second kappa shape index (κ2) is 8.67. The number of fused-ring (bicyclic) bond motifs is 3. The zero-order valence-corrected chi connectivity index (χ0v) is 17.8. The van der Waals surface area contributed by atoms with E-state index in [-0.39, 0.29) is 23.0 Å². The largest absolute Gasteiger partial charge is 0.341 e. The summed E-state index contributed by atoms with van der Waals surface area (Å²) < 4.78 is 13.3. The van der Waals surface area contributed by atoms with E-state index in [9.17, 15) is 14.0 Å². The van der Waals surface area contributed by atoms with Gasteiger partial charge in [-0.05, 0) is 48.9 Å². The number of halogens is 1. The molecule has 0 unspecified atom stereocenters. The minimum Gasteiger partial charge on any atom is -0.341 e. The van der Waals surface area contributed by atoms with Gasteiger partial charge in [-0.25, -0.2) is 9.37 Å². The number of amides is 1. The van der Waals surface area contributed by atoms with E-state index in [1.165, 1.54) is 40.8 Å². The first-order chi connectivity index (χ1) is 14.0. The molecule has 0 radical (unpaired) electrons. The SMILES string of the molecule is CN(Cc1cccc(F)c1)C(=O)CSCc1nc2sc3c(c2c(=O)[nH]1)CCCC3. The van der Waals surface area contributed by atoms with Gasteiger partial charge < -0.3 is 9.88 Å². The molecule has 0 aliphatic heterocycles. The second-order valence-corrected chi connectivity index (χ2v) is 9.35. The molecule has 1 amide bonds. The molecule has 0 bridgehead atoms. The van der Waals surface area contributed by atoms with Crippen molar-refractivity contribution >= 4 is 39.2 Å². The summed E-state index contributed by atoms with van der Waals surface area (Å²) in [5.41, 5.74) is 1.86. The van der Waals surface area contributed by atoms with Crippen molar-refractivity contribution in [1.82, 2.24) is 14.9 Å². The van der Waals surface area contributed by atoms with E-state index in [1.807, 2.05) is 0 Å². The van der Waals surface area contributed by atoms with Gasteiger partial charge in [0.15, 0.2) is 0 Å². The van der Waals surface area contributed by atoms with Crippen LogP contribution in [0, 0.1) is 5.82 Å². The number of thioether (sulfide) groups is 1. The van der Waals surface area contributed by atoms with Gasteiger partial charge in [0.1, 0.15) is 16.5 Å². The van der Waals surface area contributed by atoms with Crippen molar-refractivity contribution in [2.75, 3.05) is 12.8 Å². The van der Waals surface area contributed by atoms with Crippen LogP contribution in [0.25, 0.3) is 10.2 Å². The number of hydrogen-bond acceptors (Lipinski definition) is 5. The molecule has 3 aromatic rings. The molecule has 1 aromatic carbocycles. The molecule has 2 aromatic heterocycles. The molecule has 0 spiro atoms. The first-order valence-corrected chi connectivity index (χ1v) is 11.6. The van der Waals surface area contributed by atoms with E-state index >= 15 is 0 Å². The summed E-state index contributed by atoms with van der Waals surface area (Å²) in [6.45, 7) is 0.360. The van der Waals surface area contributed by atoms with Gasteiger partial charge in [-0.1, -0.05) is 12.1 Å². The second-order valence-electron chi connectivity index (χ2n) is 7.28. The van der Waals surface area contributed by atoms with Gasteiger partial charge in [-0.3, -0.25) is 9.59 Å². The maximum Gasteiger partial charge on any atom is 0.259 e. The van der Waals surface area contributed by atoms with Gasteiger partial charge in [0.2, 0.25) is 5.91 Å². The van der Waals surface area contributed by atoms with Gasteiger partial charge >= 0.3 is 0 Å². The summed E-state index contributed by atoms with van der Waals surface area (Å²) in [5.74, 6) is 0.987. The van der Waals surface area contributed by atoms with Gasteiger partial charge in [-0.2, -0.15) is 0 Å². The fourth-order valence-corrected chi connectivity index (χ4v) is 5.73. The molecule has 5 nitrogen and oxygen atoms in total. The van der Waals surface area contributed by atoms with Gasteiger partial charge in [0, 0.05) is 18.5 Å². The smallest absolute Gasteiger partial charge is 0.259 e. The molecule has 152 valence electrons. The van der Waals surface area contributed by atoms with Crippen LogP contribution in [-0.2, 0) is 29.9 Å². The number of aryl methyl sites for hydroxylation is 2. The molecule has 8 heteroatoms. The van der Waals surface area contributed by atoms with Crippen LogP contribution in [0.5, 0.6) is 0 Å².